The van der Waals surface area contributed by atoms with Gasteiger partial charge in [0.05, 0.1) is 0 Å². The van der Waals surface area contributed by atoms with Crippen LogP contribution in [0.4, 0.5) is 4.39 Å². The van der Waals surface area contributed by atoms with Crippen LogP contribution in [0.2, 0.25) is 0 Å². The molecule has 4 nitrogen and oxygen atoms in total. The van der Waals surface area contributed by atoms with Crippen molar-refractivity contribution in [2.75, 3.05) is 19.7 Å². The summed E-state index contributed by atoms with van der Waals surface area (Å²) in [6.07, 6.45) is 0.843. The number of carbonyl (C=O) groups is 1. The lowest BCUT2D eigenvalue weighted by Crippen LogP contribution is -2.45. The molecule has 0 aromatic heterocycles. The van der Waals surface area contributed by atoms with Crippen molar-refractivity contribution in [1.29, 1.82) is 0 Å². The van der Waals surface area contributed by atoms with Gasteiger partial charge in [-0.05, 0) is 29.2 Å². The first-order valence-electron chi connectivity index (χ1n) is 10.3. The Kier molecular flexibility index (Phi) is 7.40. The zero-order valence-corrected chi connectivity index (χ0v) is 17.1. The van der Waals surface area contributed by atoms with Crippen LogP contribution in [0.3, 0.4) is 0 Å². The molecule has 1 saturated heterocycles. The summed E-state index contributed by atoms with van der Waals surface area (Å²) in [5.74, 6) is -0.448. The first-order chi connectivity index (χ1) is 14.0. The number of ether oxygens (including phenoxy) is 1. The third-order valence-electron chi connectivity index (χ3n) is 6.02. The Labute approximate surface area is 172 Å². The number of benzene rings is 2. The zero-order valence-electron chi connectivity index (χ0n) is 17.1. The molecule has 0 aliphatic carbocycles. The van der Waals surface area contributed by atoms with Gasteiger partial charge in [0.2, 0.25) is 0 Å². The fraction of sp³-hybridized carbons (Fsp3) is 0.458. The molecule has 3 rings (SSSR count). The van der Waals surface area contributed by atoms with E-state index in [1.807, 2.05) is 36.4 Å². The third kappa shape index (κ3) is 5.22. The van der Waals surface area contributed by atoms with Crippen LogP contribution in [-0.2, 0) is 16.1 Å². The van der Waals surface area contributed by atoms with E-state index >= 15 is 0 Å². The van der Waals surface area contributed by atoms with E-state index in [-0.39, 0.29) is 48.8 Å². The lowest BCUT2D eigenvalue weighted by molar-refractivity contribution is -0.153. The molecule has 2 aromatic rings. The lowest BCUT2D eigenvalue weighted by atomic mass is 9.89. The third-order valence-corrected chi connectivity index (χ3v) is 6.02. The Morgan fingerprint density at radius 2 is 1.97 bits per heavy atom. The molecule has 1 aliphatic heterocycles. The van der Waals surface area contributed by atoms with Gasteiger partial charge in [-0.3, -0.25) is 9.69 Å². The normalized spacial score (nSPS) is 21.7. The van der Waals surface area contributed by atoms with Crippen LogP contribution in [0.1, 0.15) is 37.3 Å². The lowest BCUT2D eigenvalue weighted by Gasteiger charge is -2.30. The SMILES string of the molecule is CC[C@H](C)[C@H](C(=O)OCc1ccccc1)N1C[C@H](CO)[C@@H](c2cccc(F)c2)C1. The fourth-order valence-electron chi connectivity index (χ4n) is 4.21. The van der Waals surface area contributed by atoms with Crippen molar-refractivity contribution in [1.82, 2.24) is 4.90 Å². The molecule has 0 radical (unpaired) electrons. The number of rotatable bonds is 8. The van der Waals surface area contributed by atoms with Gasteiger partial charge in [-0.1, -0.05) is 62.7 Å². The summed E-state index contributed by atoms with van der Waals surface area (Å²) in [7, 11) is 0. The number of esters is 1. The molecular formula is C24H30FNO3. The molecule has 4 atom stereocenters. The van der Waals surface area contributed by atoms with Crippen LogP contribution in [0, 0.1) is 17.7 Å². The number of hydrogen-bond acceptors (Lipinski definition) is 4. The molecular weight excluding hydrogens is 369 g/mol. The second kappa shape index (κ2) is 9.99. The number of aliphatic hydroxyl groups excluding tert-OH is 1. The minimum absolute atomic E-state index is 0.00394. The van der Waals surface area contributed by atoms with Gasteiger partial charge in [0.1, 0.15) is 18.5 Å². The zero-order chi connectivity index (χ0) is 20.8. The van der Waals surface area contributed by atoms with Gasteiger partial charge in [0.25, 0.3) is 0 Å². The van der Waals surface area contributed by atoms with E-state index in [9.17, 15) is 14.3 Å². The Morgan fingerprint density at radius 1 is 1.21 bits per heavy atom. The monoisotopic (exact) mass is 399 g/mol. The maximum absolute atomic E-state index is 13.7. The summed E-state index contributed by atoms with van der Waals surface area (Å²) in [6.45, 7) is 5.56. The average Bonchev–Trinajstić information content (AvgIpc) is 3.17. The molecule has 1 aliphatic rings. The maximum Gasteiger partial charge on any atom is 0.323 e. The fourth-order valence-corrected chi connectivity index (χ4v) is 4.21. The molecule has 5 heteroatoms. The number of nitrogens with zero attached hydrogens (tertiary/aromatic N) is 1. The van der Waals surface area contributed by atoms with Gasteiger partial charge >= 0.3 is 5.97 Å². The topological polar surface area (TPSA) is 49.8 Å². The van der Waals surface area contributed by atoms with Gasteiger partial charge in [0, 0.05) is 31.5 Å². The minimum atomic E-state index is -0.378. The summed E-state index contributed by atoms with van der Waals surface area (Å²) in [6, 6.07) is 15.8. The number of carbonyl (C=O) groups excluding carboxylic acids is 1. The number of aliphatic hydroxyl groups is 1. The molecule has 0 spiro atoms. The van der Waals surface area contributed by atoms with Crippen LogP contribution in [0.5, 0.6) is 0 Å². The van der Waals surface area contributed by atoms with Gasteiger partial charge < -0.3 is 9.84 Å². The van der Waals surface area contributed by atoms with Crippen molar-refractivity contribution in [2.45, 2.75) is 38.8 Å². The van der Waals surface area contributed by atoms with Crippen LogP contribution in [0.25, 0.3) is 0 Å². The molecule has 156 valence electrons. The molecule has 29 heavy (non-hydrogen) atoms. The van der Waals surface area contributed by atoms with Crippen molar-refractivity contribution < 1.29 is 19.0 Å². The second-order valence-corrected chi connectivity index (χ2v) is 7.98. The summed E-state index contributed by atoms with van der Waals surface area (Å²) in [5.41, 5.74) is 1.82. The summed E-state index contributed by atoms with van der Waals surface area (Å²) < 4.78 is 19.4. The molecule has 1 fully saturated rings. The van der Waals surface area contributed by atoms with Crippen molar-refractivity contribution in [3.63, 3.8) is 0 Å². The van der Waals surface area contributed by atoms with E-state index in [4.69, 9.17) is 4.74 Å². The van der Waals surface area contributed by atoms with Crippen molar-refractivity contribution in [2.24, 2.45) is 11.8 Å². The van der Waals surface area contributed by atoms with Gasteiger partial charge in [-0.25, -0.2) is 4.39 Å². The largest absolute Gasteiger partial charge is 0.460 e. The molecule has 1 heterocycles. The molecule has 0 saturated carbocycles. The maximum atomic E-state index is 13.7. The summed E-state index contributed by atoms with van der Waals surface area (Å²) in [5, 5.41) is 9.92. The molecule has 0 unspecified atom stereocenters. The van der Waals surface area contributed by atoms with Crippen LogP contribution >= 0.6 is 0 Å². The standard InChI is InChI=1S/C24H30FNO3/c1-3-17(2)23(24(28)29-16-18-8-5-4-6-9-18)26-13-20(15-27)22(14-26)19-10-7-11-21(25)12-19/h4-12,17,20,22-23,27H,3,13-16H2,1-2H3/t17-,20+,22+,23+/m0/s1. The van der Waals surface area contributed by atoms with E-state index < -0.39 is 0 Å². The minimum Gasteiger partial charge on any atom is -0.460 e. The summed E-state index contributed by atoms with van der Waals surface area (Å²) in [4.78, 5) is 15.1. The highest BCUT2D eigenvalue weighted by molar-refractivity contribution is 5.76. The van der Waals surface area contributed by atoms with Crippen LogP contribution < -0.4 is 0 Å². The average molecular weight is 400 g/mol. The second-order valence-electron chi connectivity index (χ2n) is 7.98. The first kappa shape index (κ1) is 21.5. The quantitative estimate of drug-likeness (QED) is 0.682. The van der Waals surface area contributed by atoms with Gasteiger partial charge in [-0.2, -0.15) is 0 Å². The van der Waals surface area contributed by atoms with Gasteiger partial charge in [-0.15, -0.1) is 0 Å². The van der Waals surface area contributed by atoms with Crippen molar-refractivity contribution in [3.8, 4) is 0 Å². The van der Waals surface area contributed by atoms with Crippen molar-refractivity contribution in [3.05, 3.63) is 71.5 Å². The van der Waals surface area contributed by atoms with Gasteiger partial charge in [0.15, 0.2) is 0 Å². The van der Waals surface area contributed by atoms with E-state index in [1.54, 1.807) is 6.07 Å². The highest BCUT2D eigenvalue weighted by Crippen LogP contribution is 2.35. The van der Waals surface area contributed by atoms with E-state index in [0.717, 1.165) is 17.5 Å². The Bertz CT molecular complexity index is 798. The Balaban J connectivity index is 1.75. The Morgan fingerprint density at radius 3 is 2.62 bits per heavy atom. The molecule has 0 amide bonds. The van der Waals surface area contributed by atoms with E-state index in [0.29, 0.717) is 13.1 Å². The predicted octanol–water partition coefficient (Wildman–Crippen LogP) is 3.99. The Hall–Kier alpha value is -2.24. The first-order valence-corrected chi connectivity index (χ1v) is 10.3. The number of hydrogen-bond donors (Lipinski definition) is 1. The number of halogens is 1. The van der Waals surface area contributed by atoms with E-state index in [1.165, 1.54) is 12.1 Å². The van der Waals surface area contributed by atoms with Crippen molar-refractivity contribution >= 4 is 5.97 Å². The summed E-state index contributed by atoms with van der Waals surface area (Å²) >= 11 is 0. The molecule has 2 aromatic carbocycles. The highest BCUT2D eigenvalue weighted by Gasteiger charge is 2.41. The highest BCUT2D eigenvalue weighted by atomic mass is 19.1. The van der Waals surface area contributed by atoms with Crippen LogP contribution in [0.15, 0.2) is 54.6 Å². The smallest absolute Gasteiger partial charge is 0.323 e. The number of likely N-dealkylation sites (tertiary alicyclic amines) is 1. The predicted molar refractivity (Wildman–Crippen MR) is 111 cm³/mol. The van der Waals surface area contributed by atoms with Crippen LogP contribution in [-0.4, -0.2) is 41.7 Å². The molecule has 0 bridgehead atoms. The molecule has 1 N–H and O–H groups in total. The van der Waals surface area contributed by atoms with E-state index in [2.05, 4.69) is 18.7 Å².